The first kappa shape index (κ1) is 24.6. The minimum atomic E-state index is -0.299. The van der Waals surface area contributed by atoms with E-state index in [1.165, 1.54) is 0 Å². The highest BCUT2D eigenvalue weighted by Gasteiger charge is 2.12. The summed E-state index contributed by atoms with van der Waals surface area (Å²) < 4.78 is 14.5. The van der Waals surface area contributed by atoms with E-state index in [0.717, 1.165) is 16.8 Å². The van der Waals surface area contributed by atoms with Gasteiger partial charge in [0.1, 0.15) is 6.61 Å². The summed E-state index contributed by atoms with van der Waals surface area (Å²) in [5.74, 6) is 0.863. The number of carbonyl (C=O) groups excluding carboxylic acids is 1. The van der Waals surface area contributed by atoms with Crippen molar-refractivity contribution in [2.24, 2.45) is 5.10 Å². The van der Waals surface area contributed by atoms with Gasteiger partial charge in [0.2, 0.25) is 0 Å². The molecule has 0 saturated heterocycles. The molecular formula is C27H23BrClN3O3. The Balaban J connectivity index is 1.42. The fourth-order valence-electron chi connectivity index (χ4n) is 3.32. The molecule has 1 aromatic heterocycles. The summed E-state index contributed by atoms with van der Waals surface area (Å²) in [5.41, 5.74) is 5.77. The Bertz CT molecular complexity index is 1310. The zero-order valence-corrected chi connectivity index (χ0v) is 21.3. The van der Waals surface area contributed by atoms with Gasteiger partial charge in [-0.15, -0.1) is 0 Å². The van der Waals surface area contributed by atoms with E-state index < -0.39 is 0 Å². The molecule has 1 heterocycles. The molecular weight excluding hydrogens is 530 g/mol. The van der Waals surface area contributed by atoms with Crippen LogP contribution in [0.4, 0.5) is 0 Å². The maximum Gasteiger partial charge on any atom is 0.271 e. The molecule has 178 valence electrons. The first-order valence-electron chi connectivity index (χ1n) is 10.9. The molecule has 0 fully saturated rings. The second kappa shape index (κ2) is 11.7. The number of rotatable bonds is 9. The zero-order chi connectivity index (χ0) is 24.6. The summed E-state index contributed by atoms with van der Waals surface area (Å²) in [6.45, 7) is 2.74. The summed E-state index contributed by atoms with van der Waals surface area (Å²) in [7, 11) is 0. The lowest BCUT2D eigenvalue weighted by atomic mass is 10.2. The standard InChI is InChI=1S/C27H23BrClN3O3/c1-2-34-25-16-20(15-24(28)26(25)35-18-19-5-9-22(29)10-6-19)17-30-31-27(33)21-7-11-23(12-8-21)32-13-3-4-14-32/h3-17H,2,18H2,1H3,(H,31,33)/b30-17+. The average molecular weight is 553 g/mol. The van der Waals surface area contributed by atoms with E-state index >= 15 is 0 Å². The van der Waals surface area contributed by atoms with Gasteiger partial charge in [-0.2, -0.15) is 5.10 Å². The lowest BCUT2D eigenvalue weighted by molar-refractivity contribution is 0.0955. The van der Waals surface area contributed by atoms with Gasteiger partial charge in [-0.05, 0) is 94.6 Å². The Morgan fingerprint density at radius 2 is 1.77 bits per heavy atom. The molecule has 0 aliphatic carbocycles. The van der Waals surface area contributed by atoms with Crippen molar-refractivity contribution in [3.8, 4) is 17.2 Å². The van der Waals surface area contributed by atoms with E-state index in [1.54, 1.807) is 18.3 Å². The number of aromatic nitrogens is 1. The Morgan fingerprint density at radius 1 is 1.06 bits per heavy atom. The van der Waals surface area contributed by atoms with Gasteiger partial charge in [-0.3, -0.25) is 4.79 Å². The summed E-state index contributed by atoms with van der Waals surface area (Å²) in [6, 6.07) is 22.3. The topological polar surface area (TPSA) is 64.8 Å². The van der Waals surface area contributed by atoms with Gasteiger partial charge in [0, 0.05) is 28.7 Å². The number of amides is 1. The molecule has 0 spiro atoms. The van der Waals surface area contributed by atoms with Crippen molar-refractivity contribution in [2.75, 3.05) is 6.61 Å². The predicted molar refractivity (Wildman–Crippen MR) is 142 cm³/mol. The van der Waals surface area contributed by atoms with Gasteiger partial charge in [0.15, 0.2) is 11.5 Å². The summed E-state index contributed by atoms with van der Waals surface area (Å²) in [4.78, 5) is 12.5. The Hall–Kier alpha value is -3.55. The average Bonchev–Trinajstić information content (AvgIpc) is 3.40. The molecule has 0 atom stereocenters. The molecule has 0 saturated carbocycles. The van der Waals surface area contributed by atoms with Gasteiger partial charge >= 0.3 is 0 Å². The molecule has 35 heavy (non-hydrogen) atoms. The van der Waals surface area contributed by atoms with Crippen LogP contribution in [0.1, 0.15) is 28.4 Å². The summed E-state index contributed by atoms with van der Waals surface area (Å²) in [6.07, 6.45) is 5.45. The molecule has 0 aliphatic heterocycles. The number of carbonyl (C=O) groups is 1. The quantitative estimate of drug-likeness (QED) is 0.187. The van der Waals surface area contributed by atoms with Crippen LogP contribution >= 0.6 is 27.5 Å². The molecule has 0 unspecified atom stereocenters. The van der Waals surface area contributed by atoms with Gasteiger partial charge in [0.05, 0.1) is 17.3 Å². The maximum absolute atomic E-state index is 12.5. The number of nitrogens with one attached hydrogen (secondary N) is 1. The Labute approximate surface area is 217 Å². The molecule has 0 bridgehead atoms. The first-order chi connectivity index (χ1) is 17.0. The molecule has 4 aromatic rings. The number of nitrogens with zero attached hydrogens (tertiary/aromatic N) is 2. The van der Waals surface area contributed by atoms with Crippen LogP contribution in [-0.2, 0) is 6.61 Å². The van der Waals surface area contributed by atoms with Crippen molar-refractivity contribution in [1.82, 2.24) is 9.99 Å². The molecule has 3 aromatic carbocycles. The lowest BCUT2D eigenvalue weighted by Crippen LogP contribution is -2.17. The van der Waals surface area contributed by atoms with Crippen molar-refractivity contribution in [3.63, 3.8) is 0 Å². The van der Waals surface area contributed by atoms with E-state index in [-0.39, 0.29) is 5.91 Å². The molecule has 0 aliphatic rings. The third-order valence-electron chi connectivity index (χ3n) is 5.04. The lowest BCUT2D eigenvalue weighted by Gasteiger charge is -2.14. The molecule has 6 nitrogen and oxygen atoms in total. The van der Waals surface area contributed by atoms with Crippen LogP contribution in [0.5, 0.6) is 11.5 Å². The van der Waals surface area contributed by atoms with E-state index in [9.17, 15) is 4.79 Å². The summed E-state index contributed by atoms with van der Waals surface area (Å²) in [5, 5.41) is 4.78. The Kier molecular flexibility index (Phi) is 8.23. The highest BCUT2D eigenvalue weighted by molar-refractivity contribution is 9.10. The zero-order valence-electron chi connectivity index (χ0n) is 18.9. The normalized spacial score (nSPS) is 10.9. The van der Waals surface area contributed by atoms with Crippen LogP contribution in [-0.4, -0.2) is 23.3 Å². The predicted octanol–water partition coefficient (Wildman–Crippen LogP) is 6.63. The van der Waals surface area contributed by atoms with Crippen LogP contribution in [0.3, 0.4) is 0 Å². The SMILES string of the molecule is CCOc1cc(/C=N/NC(=O)c2ccc(-n3cccc3)cc2)cc(Br)c1OCc1ccc(Cl)cc1. The maximum atomic E-state index is 12.5. The van der Waals surface area contributed by atoms with Gasteiger partial charge in [-0.25, -0.2) is 5.43 Å². The molecule has 0 radical (unpaired) electrons. The van der Waals surface area contributed by atoms with E-state index in [2.05, 4.69) is 26.5 Å². The molecule has 8 heteroatoms. The largest absolute Gasteiger partial charge is 0.490 e. The van der Waals surface area contributed by atoms with Crippen molar-refractivity contribution >= 4 is 39.7 Å². The number of hydrogen-bond acceptors (Lipinski definition) is 4. The van der Waals surface area contributed by atoms with Crippen LogP contribution < -0.4 is 14.9 Å². The van der Waals surface area contributed by atoms with Gasteiger partial charge < -0.3 is 14.0 Å². The third kappa shape index (κ3) is 6.53. The molecule has 1 N–H and O–H groups in total. The fourth-order valence-corrected chi connectivity index (χ4v) is 4.02. The van der Waals surface area contributed by atoms with Crippen molar-refractivity contribution < 1.29 is 14.3 Å². The molecule has 4 rings (SSSR count). The van der Waals surface area contributed by atoms with Crippen LogP contribution in [0.2, 0.25) is 5.02 Å². The van der Waals surface area contributed by atoms with Crippen LogP contribution in [0.15, 0.2) is 94.8 Å². The smallest absolute Gasteiger partial charge is 0.271 e. The minimum absolute atomic E-state index is 0.299. The number of hydrazone groups is 1. The third-order valence-corrected chi connectivity index (χ3v) is 5.88. The van der Waals surface area contributed by atoms with Gasteiger partial charge in [0.25, 0.3) is 5.91 Å². The van der Waals surface area contributed by atoms with E-state index in [0.29, 0.717) is 39.8 Å². The number of ether oxygens (including phenoxy) is 2. The summed E-state index contributed by atoms with van der Waals surface area (Å²) >= 11 is 9.51. The monoisotopic (exact) mass is 551 g/mol. The van der Waals surface area contributed by atoms with Crippen molar-refractivity contribution in [3.05, 3.63) is 111 Å². The number of benzene rings is 3. The van der Waals surface area contributed by atoms with Crippen molar-refractivity contribution in [2.45, 2.75) is 13.5 Å². The highest BCUT2D eigenvalue weighted by Crippen LogP contribution is 2.37. The second-order valence-electron chi connectivity index (χ2n) is 7.51. The van der Waals surface area contributed by atoms with Crippen LogP contribution in [0, 0.1) is 0 Å². The van der Waals surface area contributed by atoms with Crippen molar-refractivity contribution in [1.29, 1.82) is 0 Å². The van der Waals surface area contributed by atoms with E-state index in [1.807, 2.05) is 84.5 Å². The van der Waals surface area contributed by atoms with E-state index in [4.69, 9.17) is 21.1 Å². The van der Waals surface area contributed by atoms with Gasteiger partial charge in [-0.1, -0.05) is 23.7 Å². The fraction of sp³-hybridized carbons (Fsp3) is 0.111. The first-order valence-corrected chi connectivity index (χ1v) is 12.1. The number of halogens is 2. The second-order valence-corrected chi connectivity index (χ2v) is 8.81. The number of hydrogen-bond donors (Lipinski definition) is 1. The highest BCUT2D eigenvalue weighted by atomic mass is 79.9. The minimum Gasteiger partial charge on any atom is -0.490 e. The van der Waals surface area contributed by atoms with Crippen LogP contribution in [0.25, 0.3) is 5.69 Å². The molecule has 1 amide bonds. The Morgan fingerprint density at radius 3 is 2.46 bits per heavy atom.